The molecule has 6 nitrogen and oxygen atoms in total. The molecule has 0 aliphatic rings. The van der Waals surface area contributed by atoms with Crippen molar-refractivity contribution in [3.63, 3.8) is 0 Å². The normalized spacial score (nSPS) is 11.7. The van der Waals surface area contributed by atoms with Crippen LogP contribution in [0.4, 0.5) is 11.4 Å². The second-order valence-corrected chi connectivity index (χ2v) is 4.57. The highest BCUT2D eigenvalue weighted by atomic mass is 16.6. The minimum atomic E-state index is -1.12. The maximum atomic E-state index is 11.0. The number of hydrogen-bond donors (Lipinski definition) is 2. The van der Waals surface area contributed by atoms with Gasteiger partial charge in [0.25, 0.3) is 5.69 Å². The molecule has 0 saturated carbocycles. The van der Waals surface area contributed by atoms with Gasteiger partial charge in [0.15, 0.2) is 0 Å². The van der Waals surface area contributed by atoms with E-state index in [0.29, 0.717) is 0 Å². The van der Waals surface area contributed by atoms with E-state index in [2.05, 4.69) is 5.32 Å². The third-order valence-electron chi connectivity index (χ3n) is 3.11. The molecule has 0 aromatic heterocycles. The summed E-state index contributed by atoms with van der Waals surface area (Å²) in [6.07, 6.45) is 0. The molecular weight excluding hydrogens is 272 g/mol. The molecule has 0 radical (unpaired) electrons. The lowest BCUT2D eigenvalue weighted by atomic mass is 10.1. The number of nitro benzene ring substituents is 1. The maximum Gasteiger partial charge on any atom is 0.335 e. The number of anilines is 1. The summed E-state index contributed by atoms with van der Waals surface area (Å²) in [4.78, 5) is 21.5. The van der Waals surface area contributed by atoms with Crippen LogP contribution in [0.1, 0.15) is 28.9 Å². The minimum absolute atomic E-state index is 0.00311. The Morgan fingerprint density at radius 1 is 1.24 bits per heavy atom. The van der Waals surface area contributed by atoms with Gasteiger partial charge in [0.1, 0.15) is 5.69 Å². The Morgan fingerprint density at radius 2 is 1.90 bits per heavy atom. The molecule has 2 aromatic rings. The Morgan fingerprint density at radius 3 is 2.48 bits per heavy atom. The number of nitro groups is 1. The van der Waals surface area contributed by atoms with Crippen molar-refractivity contribution in [1.82, 2.24) is 0 Å². The lowest BCUT2D eigenvalue weighted by Gasteiger charge is -2.16. The first-order valence-corrected chi connectivity index (χ1v) is 6.32. The van der Waals surface area contributed by atoms with Crippen LogP contribution in [0.2, 0.25) is 0 Å². The molecule has 1 atom stereocenters. The van der Waals surface area contributed by atoms with Crippen LogP contribution in [-0.4, -0.2) is 16.0 Å². The Bertz CT molecular complexity index is 671. The van der Waals surface area contributed by atoms with Crippen molar-refractivity contribution < 1.29 is 14.8 Å². The third kappa shape index (κ3) is 3.36. The zero-order chi connectivity index (χ0) is 15.4. The molecule has 0 fully saturated rings. The molecule has 0 amide bonds. The van der Waals surface area contributed by atoms with E-state index in [1.54, 1.807) is 0 Å². The molecular formula is C15H14N2O4. The summed E-state index contributed by atoms with van der Waals surface area (Å²) in [7, 11) is 0. The molecule has 0 spiro atoms. The van der Waals surface area contributed by atoms with Crippen LogP contribution in [0.5, 0.6) is 0 Å². The number of carboxylic acid groups (broad SMARTS) is 1. The van der Waals surface area contributed by atoms with E-state index in [1.165, 1.54) is 18.2 Å². The van der Waals surface area contributed by atoms with E-state index in [-0.39, 0.29) is 23.0 Å². The molecule has 0 heterocycles. The monoisotopic (exact) mass is 286 g/mol. The average Bonchev–Trinajstić information content (AvgIpc) is 2.47. The molecule has 21 heavy (non-hydrogen) atoms. The van der Waals surface area contributed by atoms with Crippen LogP contribution < -0.4 is 5.32 Å². The van der Waals surface area contributed by atoms with E-state index in [0.717, 1.165) is 5.56 Å². The standard InChI is InChI=1S/C15H14N2O4/c1-10(11-5-3-2-4-6-11)16-13-9-12(15(18)19)7-8-14(13)17(20)21/h2-10,16H,1H3,(H,18,19). The van der Waals surface area contributed by atoms with Crippen LogP contribution in [-0.2, 0) is 0 Å². The largest absolute Gasteiger partial charge is 0.478 e. The van der Waals surface area contributed by atoms with Crippen molar-refractivity contribution in [1.29, 1.82) is 0 Å². The van der Waals surface area contributed by atoms with E-state index >= 15 is 0 Å². The van der Waals surface area contributed by atoms with Gasteiger partial charge in [-0.1, -0.05) is 30.3 Å². The van der Waals surface area contributed by atoms with Gasteiger partial charge in [-0.25, -0.2) is 4.79 Å². The molecule has 0 saturated heterocycles. The van der Waals surface area contributed by atoms with Gasteiger partial charge in [0, 0.05) is 12.1 Å². The fourth-order valence-electron chi connectivity index (χ4n) is 2.00. The van der Waals surface area contributed by atoms with Crippen LogP contribution in [0, 0.1) is 10.1 Å². The van der Waals surface area contributed by atoms with Crippen molar-refractivity contribution in [2.45, 2.75) is 13.0 Å². The highest BCUT2D eigenvalue weighted by molar-refractivity contribution is 5.90. The Kier molecular flexibility index (Phi) is 4.18. The summed E-state index contributed by atoms with van der Waals surface area (Å²) >= 11 is 0. The fraction of sp³-hybridized carbons (Fsp3) is 0.133. The van der Waals surface area contributed by atoms with Crippen molar-refractivity contribution in [3.8, 4) is 0 Å². The SMILES string of the molecule is CC(Nc1cc(C(=O)O)ccc1[N+](=O)[O-])c1ccccc1. The zero-order valence-corrected chi connectivity index (χ0v) is 11.3. The van der Waals surface area contributed by atoms with Crippen LogP contribution >= 0.6 is 0 Å². The van der Waals surface area contributed by atoms with Crippen molar-refractivity contribution in [2.75, 3.05) is 5.32 Å². The molecule has 2 N–H and O–H groups in total. The lowest BCUT2D eigenvalue weighted by Crippen LogP contribution is -2.09. The molecule has 0 aliphatic heterocycles. The molecule has 0 aliphatic carbocycles. The lowest BCUT2D eigenvalue weighted by molar-refractivity contribution is -0.384. The Labute approximate surface area is 121 Å². The second-order valence-electron chi connectivity index (χ2n) is 4.57. The van der Waals surface area contributed by atoms with Gasteiger partial charge in [-0.2, -0.15) is 0 Å². The fourth-order valence-corrected chi connectivity index (χ4v) is 2.00. The van der Waals surface area contributed by atoms with Gasteiger partial charge in [-0.05, 0) is 24.6 Å². The number of carbonyl (C=O) groups is 1. The first-order valence-electron chi connectivity index (χ1n) is 6.32. The number of rotatable bonds is 5. The second kappa shape index (κ2) is 6.04. The third-order valence-corrected chi connectivity index (χ3v) is 3.11. The Balaban J connectivity index is 2.35. The predicted molar refractivity (Wildman–Crippen MR) is 78.5 cm³/mol. The predicted octanol–water partition coefficient (Wildman–Crippen LogP) is 3.47. The number of hydrogen-bond acceptors (Lipinski definition) is 4. The smallest absolute Gasteiger partial charge is 0.335 e. The highest BCUT2D eigenvalue weighted by Gasteiger charge is 2.18. The number of benzene rings is 2. The van der Waals surface area contributed by atoms with Gasteiger partial charge < -0.3 is 10.4 Å². The zero-order valence-electron chi connectivity index (χ0n) is 11.3. The van der Waals surface area contributed by atoms with Crippen LogP contribution in [0.25, 0.3) is 0 Å². The first-order chi connectivity index (χ1) is 9.99. The number of carboxylic acids is 1. The average molecular weight is 286 g/mol. The quantitative estimate of drug-likeness (QED) is 0.648. The molecule has 1 unspecified atom stereocenters. The molecule has 0 bridgehead atoms. The van der Waals surface area contributed by atoms with Crippen molar-refractivity contribution in [3.05, 3.63) is 69.8 Å². The molecule has 6 heteroatoms. The summed E-state index contributed by atoms with van der Waals surface area (Å²) in [5.41, 5.74) is 0.995. The molecule has 2 rings (SSSR count). The van der Waals surface area contributed by atoms with Gasteiger partial charge in [0.05, 0.1) is 10.5 Å². The van der Waals surface area contributed by atoms with E-state index in [9.17, 15) is 14.9 Å². The van der Waals surface area contributed by atoms with E-state index in [1.807, 2.05) is 37.3 Å². The summed E-state index contributed by atoms with van der Waals surface area (Å²) in [6, 6.07) is 12.9. The van der Waals surface area contributed by atoms with E-state index < -0.39 is 10.9 Å². The van der Waals surface area contributed by atoms with E-state index in [4.69, 9.17) is 5.11 Å². The maximum absolute atomic E-state index is 11.0. The number of aromatic carboxylic acids is 1. The molecule has 2 aromatic carbocycles. The summed E-state index contributed by atoms with van der Waals surface area (Å²) < 4.78 is 0. The highest BCUT2D eigenvalue weighted by Crippen LogP contribution is 2.29. The molecule has 108 valence electrons. The number of nitrogens with zero attached hydrogens (tertiary/aromatic N) is 1. The van der Waals surface area contributed by atoms with Gasteiger partial charge in [-0.15, -0.1) is 0 Å². The van der Waals surface area contributed by atoms with Gasteiger partial charge in [0.2, 0.25) is 0 Å². The van der Waals surface area contributed by atoms with Gasteiger partial charge in [-0.3, -0.25) is 10.1 Å². The van der Waals surface area contributed by atoms with Crippen molar-refractivity contribution >= 4 is 17.3 Å². The summed E-state index contributed by atoms with van der Waals surface area (Å²) in [5, 5.41) is 23.0. The number of nitrogens with one attached hydrogen (secondary N) is 1. The van der Waals surface area contributed by atoms with Crippen LogP contribution in [0.15, 0.2) is 48.5 Å². The van der Waals surface area contributed by atoms with Crippen LogP contribution in [0.3, 0.4) is 0 Å². The topological polar surface area (TPSA) is 92.5 Å². The minimum Gasteiger partial charge on any atom is -0.478 e. The van der Waals surface area contributed by atoms with Gasteiger partial charge >= 0.3 is 5.97 Å². The first kappa shape index (κ1) is 14.5. The Hall–Kier alpha value is -2.89. The van der Waals surface area contributed by atoms with Crippen molar-refractivity contribution in [2.24, 2.45) is 0 Å². The summed E-state index contributed by atoms with van der Waals surface area (Å²) in [5.74, 6) is -1.12. The summed E-state index contributed by atoms with van der Waals surface area (Å²) in [6.45, 7) is 1.85.